The molecule has 0 spiro atoms. The molecule has 120 valence electrons. The second-order valence-corrected chi connectivity index (χ2v) is 6.76. The molecule has 0 atom stereocenters. The summed E-state index contributed by atoms with van der Waals surface area (Å²) in [5, 5.41) is 11.9. The minimum absolute atomic E-state index is 0.282. The molecule has 0 heterocycles. The van der Waals surface area contributed by atoms with Crippen molar-refractivity contribution in [1.82, 2.24) is 5.32 Å². The van der Waals surface area contributed by atoms with E-state index in [0.29, 0.717) is 13.0 Å². The van der Waals surface area contributed by atoms with E-state index in [-0.39, 0.29) is 5.41 Å². The molecule has 0 bridgehead atoms. The Morgan fingerprint density at radius 3 is 2.74 bits per heavy atom. The molecule has 0 unspecified atom stereocenters. The van der Waals surface area contributed by atoms with E-state index >= 15 is 0 Å². The smallest absolute Gasteiger partial charge is 0.407 e. The highest BCUT2D eigenvalue weighted by atomic mass is 16.6. The molecule has 1 saturated carbocycles. The molecule has 1 aliphatic rings. The van der Waals surface area contributed by atoms with E-state index in [0.717, 1.165) is 24.0 Å². The summed E-state index contributed by atoms with van der Waals surface area (Å²) in [6, 6.07) is 10.3. The van der Waals surface area contributed by atoms with Crippen molar-refractivity contribution in [2.45, 2.75) is 51.0 Å². The average molecular weight is 310 g/mol. The maximum Gasteiger partial charge on any atom is 0.407 e. The predicted octanol–water partition coefficient (Wildman–Crippen LogP) is 3.51. The van der Waals surface area contributed by atoms with Crippen LogP contribution in [0.3, 0.4) is 0 Å². The van der Waals surface area contributed by atoms with Crippen molar-refractivity contribution in [2.75, 3.05) is 6.54 Å². The normalized spacial score (nSPS) is 14.9. The Kier molecular flexibility index (Phi) is 4.96. The molecule has 0 aliphatic heterocycles. The van der Waals surface area contributed by atoms with Gasteiger partial charge in [-0.2, -0.15) is 5.26 Å². The molecular formula is C19H22N2O2. The number of rotatable bonds is 3. The van der Waals surface area contributed by atoms with E-state index in [9.17, 15) is 10.1 Å². The maximum absolute atomic E-state index is 11.5. The van der Waals surface area contributed by atoms with Crippen molar-refractivity contribution in [2.24, 2.45) is 0 Å². The van der Waals surface area contributed by atoms with Gasteiger partial charge in [0, 0.05) is 18.5 Å². The van der Waals surface area contributed by atoms with E-state index in [1.165, 1.54) is 0 Å². The molecule has 0 aromatic heterocycles. The molecule has 0 saturated heterocycles. The van der Waals surface area contributed by atoms with Crippen molar-refractivity contribution >= 4 is 6.09 Å². The van der Waals surface area contributed by atoms with Crippen LogP contribution in [0, 0.1) is 23.2 Å². The molecule has 1 N–H and O–H groups in total. The monoisotopic (exact) mass is 310 g/mol. The van der Waals surface area contributed by atoms with Crippen LogP contribution < -0.4 is 5.32 Å². The molecule has 0 radical (unpaired) electrons. The number of nitrogens with one attached hydrogen (secondary N) is 1. The highest BCUT2D eigenvalue weighted by Gasteiger charge is 2.44. The van der Waals surface area contributed by atoms with Crippen molar-refractivity contribution < 1.29 is 9.53 Å². The lowest BCUT2D eigenvalue weighted by Crippen LogP contribution is -2.32. The van der Waals surface area contributed by atoms with E-state index < -0.39 is 11.7 Å². The zero-order chi connectivity index (χ0) is 16.9. The quantitative estimate of drug-likeness (QED) is 0.686. The number of ether oxygens (including phenoxy) is 1. The first kappa shape index (κ1) is 16.9. The van der Waals surface area contributed by atoms with Gasteiger partial charge in [0.2, 0.25) is 0 Å². The van der Waals surface area contributed by atoms with Crippen molar-refractivity contribution in [3.8, 4) is 17.9 Å². The fourth-order valence-electron chi connectivity index (χ4n) is 2.19. The lowest BCUT2D eigenvalue weighted by molar-refractivity contribution is 0.0529. The Bertz CT molecular complexity index is 680. The Morgan fingerprint density at radius 2 is 2.13 bits per heavy atom. The topological polar surface area (TPSA) is 62.1 Å². The lowest BCUT2D eigenvalue weighted by Gasteiger charge is -2.19. The van der Waals surface area contributed by atoms with E-state index in [1.807, 2.05) is 45.0 Å². The van der Waals surface area contributed by atoms with Crippen molar-refractivity contribution in [1.29, 1.82) is 5.26 Å². The summed E-state index contributed by atoms with van der Waals surface area (Å²) in [6.45, 7) is 5.93. The van der Waals surface area contributed by atoms with E-state index in [2.05, 4.69) is 23.2 Å². The van der Waals surface area contributed by atoms with Crippen LogP contribution in [-0.2, 0) is 10.2 Å². The van der Waals surface area contributed by atoms with Crippen LogP contribution in [0.15, 0.2) is 24.3 Å². The van der Waals surface area contributed by atoms with Gasteiger partial charge in [-0.15, -0.1) is 0 Å². The number of hydrogen-bond acceptors (Lipinski definition) is 3. The number of hydrogen-bond donors (Lipinski definition) is 1. The summed E-state index contributed by atoms with van der Waals surface area (Å²) in [5.41, 5.74) is 1.19. The molecule has 1 aromatic rings. The van der Waals surface area contributed by atoms with Crippen LogP contribution in [0.25, 0.3) is 0 Å². The van der Waals surface area contributed by atoms with Crippen molar-refractivity contribution in [3.63, 3.8) is 0 Å². The third-order valence-corrected chi connectivity index (χ3v) is 3.53. The summed E-state index contributed by atoms with van der Waals surface area (Å²) >= 11 is 0. The van der Waals surface area contributed by atoms with Gasteiger partial charge in [-0.25, -0.2) is 4.79 Å². The summed E-state index contributed by atoms with van der Waals surface area (Å²) in [7, 11) is 0. The summed E-state index contributed by atoms with van der Waals surface area (Å²) in [4.78, 5) is 11.5. The number of carbonyl (C=O) groups excluding carboxylic acids is 1. The van der Waals surface area contributed by atoms with Crippen LogP contribution >= 0.6 is 0 Å². The van der Waals surface area contributed by atoms with Gasteiger partial charge in [-0.1, -0.05) is 24.0 Å². The lowest BCUT2D eigenvalue weighted by atomic mass is 9.96. The van der Waals surface area contributed by atoms with Gasteiger partial charge < -0.3 is 10.1 Å². The number of amides is 1. The third-order valence-electron chi connectivity index (χ3n) is 3.53. The number of carbonyl (C=O) groups is 1. The molecule has 4 nitrogen and oxygen atoms in total. The highest BCUT2D eigenvalue weighted by Crippen LogP contribution is 2.47. The Labute approximate surface area is 137 Å². The first-order valence-electron chi connectivity index (χ1n) is 7.82. The Balaban J connectivity index is 1.83. The molecule has 2 rings (SSSR count). The first-order chi connectivity index (χ1) is 10.8. The van der Waals surface area contributed by atoms with Gasteiger partial charge in [-0.3, -0.25) is 0 Å². The van der Waals surface area contributed by atoms with Crippen LogP contribution in [-0.4, -0.2) is 18.2 Å². The molecule has 1 aliphatic carbocycles. The second kappa shape index (κ2) is 6.75. The number of alkyl carbamates (subject to hydrolysis) is 1. The standard InChI is InChI=1S/C19H22N2O2/c1-18(2,3)23-17(22)21-12-5-4-7-15-8-6-9-16(13-15)19(14-20)10-11-19/h6,8-9,13H,5,10-12H2,1-3H3,(H,21,22). The van der Waals surface area contributed by atoms with E-state index in [1.54, 1.807) is 0 Å². The number of nitrogens with zero attached hydrogens (tertiary/aromatic N) is 1. The first-order valence-corrected chi connectivity index (χ1v) is 7.82. The number of nitriles is 1. The maximum atomic E-state index is 11.5. The van der Waals surface area contributed by atoms with Crippen LogP contribution in [0.2, 0.25) is 0 Å². The molecule has 1 amide bonds. The zero-order valence-electron chi connectivity index (χ0n) is 13.9. The number of benzene rings is 1. The zero-order valence-corrected chi connectivity index (χ0v) is 13.9. The average Bonchev–Trinajstić information content (AvgIpc) is 3.26. The minimum Gasteiger partial charge on any atom is -0.444 e. The fourth-order valence-corrected chi connectivity index (χ4v) is 2.19. The van der Waals surface area contributed by atoms with Crippen LogP contribution in [0.4, 0.5) is 4.79 Å². The fraction of sp³-hybridized carbons (Fsp3) is 0.474. The molecular weight excluding hydrogens is 288 g/mol. The van der Waals surface area contributed by atoms with Gasteiger partial charge in [-0.05, 0) is 51.3 Å². The van der Waals surface area contributed by atoms with E-state index in [4.69, 9.17) is 4.74 Å². The summed E-state index contributed by atoms with van der Waals surface area (Å²) in [5.74, 6) is 6.11. The SMILES string of the molecule is CC(C)(C)OC(=O)NCCC#Cc1cccc(C2(C#N)CC2)c1. The molecule has 23 heavy (non-hydrogen) atoms. The predicted molar refractivity (Wildman–Crippen MR) is 88.7 cm³/mol. The second-order valence-electron chi connectivity index (χ2n) is 6.76. The molecule has 1 fully saturated rings. The van der Waals surface area contributed by atoms with Gasteiger partial charge in [0.15, 0.2) is 0 Å². The Morgan fingerprint density at radius 1 is 1.39 bits per heavy atom. The Hall–Kier alpha value is -2.46. The van der Waals surface area contributed by atoms with Gasteiger partial charge in [0.1, 0.15) is 5.60 Å². The van der Waals surface area contributed by atoms with Crippen LogP contribution in [0.1, 0.15) is 51.2 Å². The van der Waals surface area contributed by atoms with Gasteiger partial charge in [0.05, 0.1) is 11.5 Å². The van der Waals surface area contributed by atoms with Crippen LogP contribution in [0.5, 0.6) is 0 Å². The van der Waals surface area contributed by atoms with Gasteiger partial charge in [0.25, 0.3) is 0 Å². The minimum atomic E-state index is -0.490. The van der Waals surface area contributed by atoms with Crippen molar-refractivity contribution in [3.05, 3.63) is 35.4 Å². The third kappa shape index (κ3) is 5.04. The molecule has 1 aromatic carbocycles. The molecule has 4 heteroatoms. The largest absolute Gasteiger partial charge is 0.444 e. The van der Waals surface area contributed by atoms with Gasteiger partial charge >= 0.3 is 6.09 Å². The summed E-state index contributed by atoms with van der Waals surface area (Å²) < 4.78 is 5.15. The highest BCUT2D eigenvalue weighted by molar-refractivity contribution is 5.67. The summed E-state index contributed by atoms with van der Waals surface area (Å²) in [6.07, 6.45) is 1.98.